The molecule has 0 N–H and O–H groups in total. The molecule has 1 aliphatic rings. The van der Waals surface area contributed by atoms with E-state index in [1.807, 2.05) is 6.08 Å². The van der Waals surface area contributed by atoms with E-state index in [4.69, 9.17) is 0 Å². The Morgan fingerprint density at radius 1 is 1.12 bits per heavy atom. The number of unbranched alkanes of at least 4 members (excludes halogenated alkanes) is 6. The van der Waals surface area contributed by atoms with E-state index in [-0.39, 0.29) is 11.6 Å². The summed E-state index contributed by atoms with van der Waals surface area (Å²) >= 11 is 0. The monoisotopic (exact) mass is 236 g/mol. The van der Waals surface area contributed by atoms with Crippen LogP contribution in [0.5, 0.6) is 0 Å². The Morgan fingerprint density at radius 3 is 2.35 bits per heavy atom. The Kier molecular flexibility index (Phi) is 6.83. The lowest BCUT2D eigenvalue weighted by molar-refractivity contribution is -0.120. The lowest BCUT2D eigenvalue weighted by atomic mass is 10.0. The molecule has 0 aromatic heterocycles. The number of carbonyl (C=O) groups excluding carboxylic acids is 2. The van der Waals surface area contributed by atoms with E-state index in [0.717, 1.165) is 19.3 Å². The molecule has 0 saturated heterocycles. The van der Waals surface area contributed by atoms with Crippen LogP contribution in [0.25, 0.3) is 0 Å². The zero-order chi connectivity index (χ0) is 12.5. The van der Waals surface area contributed by atoms with E-state index in [1.54, 1.807) is 0 Å². The van der Waals surface area contributed by atoms with Gasteiger partial charge in [0.15, 0.2) is 11.6 Å². The molecule has 0 heterocycles. The molecule has 1 rings (SSSR count). The van der Waals surface area contributed by atoms with E-state index in [0.29, 0.717) is 18.4 Å². The van der Waals surface area contributed by atoms with Crippen LogP contribution in [0.15, 0.2) is 11.6 Å². The summed E-state index contributed by atoms with van der Waals surface area (Å²) in [5.74, 6) is 0.124. The van der Waals surface area contributed by atoms with E-state index < -0.39 is 0 Å². The quantitative estimate of drug-likeness (QED) is 0.448. The first-order valence-electron chi connectivity index (χ1n) is 7.02. The first-order valence-corrected chi connectivity index (χ1v) is 7.02. The fourth-order valence-electron chi connectivity index (χ4n) is 2.24. The molecule has 2 heteroatoms. The Bertz CT molecular complexity index is 289. The van der Waals surface area contributed by atoms with Gasteiger partial charge in [-0.25, -0.2) is 0 Å². The van der Waals surface area contributed by atoms with Gasteiger partial charge in [-0.3, -0.25) is 9.59 Å². The van der Waals surface area contributed by atoms with Crippen molar-refractivity contribution in [3.05, 3.63) is 11.6 Å². The van der Waals surface area contributed by atoms with Crippen molar-refractivity contribution in [3.63, 3.8) is 0 Å². The van der Waals surface area contributed by atoms with Crippen LogP contribution in [0.1, 0.15) is 71.1 Å². The maximum atomic E-state index is 11.7. The Labute approximate surface area is 104 Å². The number of hydrogen-bond acceptors (Lipinski definition) is 2. The zero-order valence-electron chi connectivity index (χ0n) is 11.0. The van der Waals surface area contributed by atoms with Gasteiger partial charge in [0.25, 0.3) is 0 Å². The lowest BCUT2D eigenvalue weighted by Crippen LogP contribution is -2.08. The summed E-state index contributed by atoms with van der Waals surface area (Å²) in [6.07, 6.45) is 12.1. The van der Waals surface area contributed by atoms with E-state index in [1.165, 1.54) is 32.1 Å². The maximum absolute atomic E-state index is 11.7. The predicted molar refractivity (Wildman–Crippen MR) is 69.9 cm³/mol. The molecule has 0 radical (unpaired) electrons. The third kappa shape index (κ3) is 5.29. The van der Waals surface area contributed by atoms with Crippen LogP contribution < -0.4 is 0 Å². The van der Waals surface area contributed by atoms with Crippen molar-refractivity contribution >= 4 is 11.6 Å². The standard InChI is InChI=1S/C15H24O2/c1-2-3-4-5-6-7-8-11-14(16)13-10-9-12-15(13)17/h10H,2-9,11-12H2,1H3. The van der Waals surface area contributed by atoms with Crippen molar-refractivity contribution in [2.45, 2.75) is 71.1 Å². The van der Waals surface area contributed by atoms with Gasteiger partial charge >= 0.3 is 0 Å². The average molecular weight is 236 g/mol. The number of ketones is 2. The number of Topliss-reactive ketones (excluding diaryl/α,β-unsaturated/α-hetero) is 2. The van der Waals surface area contributed by atoms with Gasteiger partial charge in [-0.15, -0.1) is 0 Å². The number of allylic oxidation sites excluding steroid dienone is 2. The van der Waals surface area contributed by atoms with Crippen LogP contribution in [0.4, 0.5) is 0 Å². The van der Waals surface area contributed by atoms with Crippen molar-refractivity contribution in [2.75, 3.05) is 0 Å². The molecule has 96 valence electrons. The summed E-state index contributed by atoms with van der Waals surface area (Å²) in [6.45, 7) is 2.21. The molecule has 17 heavy (non-hydrogen) atoms. The molecule has 0 atom stereocenters. The Hall–Kier alpha value is -0.920. The molecular weight excluding hydrogens is 212 g/mol. The van der Waals surface area contributed by atoms with Gasteiger partial charge < -0.3 is 0 Å². The molecule has 0 saturated carbocycles. The van der Waals surface area contributed by atoms with Gasteiger partial charge in [0, 0.05) is 12.8 Å². The van der Waals surface area contributed by atoms with Crippen molar-refractivity contribution in [1.29, 1.82) is 0 Å². The van der Waals surface area contributed by atoms with Crippen molar-refractivity contribution in [1.82, 2.24) is 0 Å². The van der Waals surface area contributed by atoms with Crippen molar-refractivity contribution < 1.29 is 9.59 Å². The molecular formula is C15H24O2. The van der Waals surface area contributed by atoms with Crippen LogP contribution in [0.3, 0.4) is 0 Å². The molecule has 1 aliphatic carbocycles. The largest absolute Gasteiger partial charge is 0.294 e. The minimum Gasteiger partial charge on any atom is -0.294 e. The Balaban J connectivity index is 2.03. The molecule has 0 aromatic rings. The van der Waals surface area contributed by atoms with Crippen LogP contribution in [-0.4, -0.2) is 11.6 Å². The van der Waals surface area contributed by atoms with Crippen LogP contribution in [0, 0.1) is 0 Å². The van der Waals surface area contributed by atoms with Gasteiger partial charge in [0.2, 0.25) is 0 Å². The highest BCUT2D eigenvalue weighted by Gasteiger charge is 2.20. The smallest absolute Gasteiger partial charge is 0.166 e. The molecule has 0 bridgehead atoms. The normalized spacial score (nSPS) is 15.1. The second-order valence-corrected chi connectivity index (χ2v) is 4.87. The van der Waals surface area contributed by atoms with Crippen LogP contribution in [0.2, 0.25) is 0 Å². The molecule has 0 fully saturated rings. The van der Waals surface area contributed by atoms with E-state index in [9.17, 15) is 9.59 Å². The number of hydrogen-bond donors (Lipinski definition) is 0. The summed E-state index contributed by atoms with van der Waals surface area (Å²) in [7, 11) is 0. The van der Waals surface area contributed by atoms with Gasteiger partial charge in [-0.05, 0) is 12.8 Å². The molecule has 0 unspecified atom stereocenters. The number of rotatable bonds is 9. The maximum Gasteiger partial charge on any atom is 0.166 e. The van der Waals surface area contributed by atoms with Gasteiger partial charge in [0.1, 0.15) is 0 Å². The first kappa shape index (κ1) is 14.1. The summed E-state index contributed by atoms with van der Waals surface area (Å²) in [5.41, 5.74) is 0.482. The van der Waals surface area contributed by atoms with Gasteiger partial charge in [-0.1, -0.05) is 51.5 Å². The van der Waals surface area contributed by atoms with E-state index in [2.05, 4.69) is 6.92 Å². The van der Waals surface area contributed by atoms with Crippen molar-refractivity contribution in [2.24, 2.45) is 0 Å². The van der Waals surface area contributed by atoms with Crippen LogP contribution in [-0.2, 0) is 9.59 Å². The Morgan fingerprint density at radius 2 is 1.76 bits per heavy atom. The fraction of sp³-hybridized carbons (Fsp3) is 0.733. The molecule has 0 spiro atoms. The predicted octanol–water partition coefficient (Wildman–Crippen LogP) is 3.99. The van der Waals surface area contributed by atoms with Gasteiger partial charge in [0.05, 0.1) is 5.57 Å². The second-order valence-electron chi connectivity index (χ2n) is 4.87. The highest BCUT2D eigenvalue weighted by atomic mass is 16.1. The first-order chi connectivity index (χ1) is 8.25. The third-order valence-corrected chi connectivity index (χ3v) is 3.33. The summed E-state index contributed by atoms with van der Waals surface area (Å²) < 4.78 is 0. The third-order valence-electron chi connectivity index (χ3n) is 3.33. The molecule has 2 nitrogen and oxygen atoms in total. The number of carbonyl (C=O) groups is 2. The molecule has 0 aromatic carbocycles. The summed E-state index contributed by atoms with van der Waals surface area (Å²) in [5, 5.41) is 0. The van der Waals surface area contributed by atoms with E-state index >= 15 is 0 Å². The average Bonchev–Trinajstić information content (AvgIpc) is 2.74. The SMILES string of the molecule is CCCCCCCCCC(=O)C1=CCCC1=O. The molecule has 0 aliphatic heterocycles. The zero-order valence-corrected chi connectivity index (χ0v) is 11.0. The summed E-state index contributed by atoms with van der Waals surface area (Å²) in [4.78, 5) is 23.0. The minimum atomic E-state index is 0.0537. The topological polar surface area (TPSA) is 34.1 Å². The summed E-state index contributed by atoms with van der Waals surface area (Å²) in [6, 6.07) is 0. The lowest BCUT2D eigenvalue weighted by Gasteiger charge is -2.01. The van der Waals surface area contributed by atoms with Crippen LogP contribution >= 0.6 is 0 Å². The molecule has 0 amide bonds. The highest BCUT2D eigenvalue weighted by Crippen LogP contribution is 2.17. The fourth-order valence-corrected chi connectivity index (χ4v) is 2.24. The highest BCUT2D eigenvalue weighted by molar-refractivity contribution is 6.21. The second kappa shape index (κ2) is 8.21. The van der Waals surface area contributed by atoms with Crippen molar-refractivity contribution in [3.8, 4) is 0 Å². The van der Waals surface area contributed by atoms with Gasteiger partial charge in [-0.2, -0.15) is 0 Å². The minimum absolute atomic E-state index is 0.0537.